The zero-order valence-electron chi connectivity index (χ0n) is 5.82. The van der Waals surface area contributed by atoms with E-state index in [4.69, 9.17) is 0 Å². The van der Waals surface area contributed by atoms with Gasteiger partial charge in [-0.25, -0.2) is 0 Å². The zero-order valence-corrected chi connectivity index (χ0v) is 6.63. The minimum absolute atomic E-state index is 0.688. The second kappa shape index (κ2) is 4.27. The maximum Gasteiger partial charge on any atom is 0.0660 e. The molecule has 0 aliphatic heterocycles. The average molecular weight is 157 g/mol. The molecule has 0 saturated heterocycles. The molecule has 0 atom stereocenters. The van der Waals surface area contributed by atoms with E-state index in [9.17, 15) is 0 Å². The number of nitrogens with zero attached hydrogens (tertiary/aromatic N) is 4. The van der Waals surface area contributed by atoms with Crippen molar-refractivity contribution in [2.45, 2.75) is 24.9 Å². The van der Waals surface area contributed by atoms with Gasteiger partial charge in [0.15, 0.2) is 0 Å². The van der Waals surface area contributed by atoms with Crippen LogP contribution in [-0.2, 0) is 0 Å². The van der Waals surface area contributed by atoms with Gasteiger partial charge in [-0.15, -0.1) is 11.8 Å². The number of rotatable bonds is 4. The lowest BCUT2D eigenvalue weighted by Crippen LogP contribution is -1.81. The van der Waals surface area contributed by atoms with Crippen molar-refractivity contribution in [2.75, 3.05) is 5.75 Å². The number of hydrogen-bond acceptors (Lipinski definition) is 4. The van der Waals surface area contributed by atoms with Crippen molar-refractivity contribution in [1.82, 2.24) is 20.6 Å². The lowest BCUT2D eigenvalue weighted by Gasteiger charge is -1.96. The topological polar surface area (TPSA) is 52.8 Å². The van der Waals surface area contributed by atoms with E-state index >= 15 is 0 Å². The van der Waals surface area contributed by atoms with Gasteiger partial charge in [0, 0.05) is 0 Å². The average Bonchev–Trinajstić information content (AvgIpc) is 2.41. The summed E-state index contributed by atoms with van der Waals surface area (Å²) in [6.45, 7) is 2.16. The molecular formula is C5H9N4S-. The summed E-state index contributed by atoms with van der Waals surface area (Å²) < 4.78 is 0. The molecule has 0 saturated carbocycles. The van der Waals surface area contributed by atoms with Gasteiger partial charge in [-0.1, -0.05) is 13.3 Å². The molecule has 56 valence electrons. The molecule has 1 aromatic heterocycles. The van der Waals surface area contributed by atoms with E-state index in [0.717, 1.165) is 5.75 Å². The Bertz CT molecular complexity index is 162. The predicted molar refractivity (Wildman–Crippen MR) is 38.8 cm³/mol. The molecule has 4 nitrogen and oxygen atoms in total. The molecule has 0 radical (unpaired) electrons. The highest BCUT2D eigenvalue weighted by Crippen LogP contribution is 2.10. The summed E-state index contributed by atoms with van der Waals surface area (Å²) in [5, 5.41) is 14.8. The molecule has 0 fully saturated rings. The Kier molecular flexibility index (Phi) is 3.21. The lowest BCUT2D eigenvalue weighted by molar-refractivity contribution is 0.869. The summed E-state index contributed by atoms with van der Waals surface area (Å²) >= 11 is 1.60. The molecule has 1 heterocycles. The normalized spacial score (nSPS) is 10.1. The molecule has 0 unspecified atom stereocenters. The fraction of sp³-hybridized carbons (Fsp3) is 0.800. The van der Waals surface area contributed by atoms with Crippen LogP contribution in [0.5, 0.6) is 0 Å². The molecule has 0 aromatic carbocycles. The van der Waals surface area contributed by atoms with Gasteiger partial charge >= 0.3 is 0 Å². The summed E-state index contributed by atoms with van der Waals surface area (Å²) in [6.07, 6.45) is 2.40. The van der Waals surface area contributed by atoms with E-state index in [2.05, 4.69) is 27.5 Å². The summed E-state index contributed by atoms with van der Waals surface area (Å²) in [7, 11) is 0. The molecule has 1 rings (SSSR count). The highest BCUT2D eigenvalue weighted by atomic mass is 32.2. The molecule has 5 heteroatoms. The quantitative estimate of drug-likeness (QED) is 0.476. The molecule has 0 amide bonds. The first-order chi connectivity index (χ1) is 4.93. The second-order valence-electron chi connectivity index (χ2n) is 1.86. The van der Waals surface area contributed by atoms with Crippen molar-refractivity contribution in [1.29, 1.82) is 0 Å². The van der Waals surface area contributed by atoms with Crippen molar-refractivity contribution >= 4 is 11.8 Å². The van der Waals surface area contributed by atoms with Crippen LogP contribution in [0.1, 0.15) is 19.8 Å². The standard InChI is InChI=1S/C5H9N4S/c1-2-3-4-10-5-6-8-9-7-5/h2-4H2,1H3/q-1. The summed E-state index contributed by atoms with van der Waals surface area (Å²) in [6, 6.07) is 0. The van der Waals surface area contributed by atoms with Crippen LogP contribution in [0.25, 0.3) is 0 Å². The molecule has 0 aliphatic carbocycles. The van der Waals surface area contributed by atoms with Crippen molar-refractivity contribution in [2.24, 2.45) is 0 Å². The Hall–Kier alpha value is -0.580. The minimum atomic E-state index is 0.688. The van der Waals surface area contributed by atoms with Crippen molar-refractivity contribution in [3.05, 3.63) is 0 Å². The third kappa shape index (κ3) is 2.34. The summed E-state index contributed by atoms with van der Waals surface area (Å²) in [5.41, 5.74) is 0. The fourth-order valence-electron chi connectivity index (χ4n) is 0.502. The van der Waals surface area contributed by atoms with Gasteiger partial charge in [-0.3, -0.25) is 10.3 Å². The fourth-order valence-corrected chi connectivity index (χ4v) is 1.31. The van der Waals surface area contributed by atoms with Crippen LogP contribution in [0.15, 0.2) is 5.16 Å². The van der Waals surface area contributed by atoms with Gasteiger partial charge in [-0.05, 0) is 12.2 Å². The molecule has 0 N–H and O–H groups in total. The molecule has 0 aliphatic rings. The summed E-state index contributed by atoms with van der Waals surface area (Å²) in [5.74, 6) is 1.06. The van der Waals surface area contributed by atoms with Crippen molar-refractivity contribution in [3.8, 4) is 0 Å². The Labute approximate surface area is 63.8 Å². The first-order valence-corrected chi connectivity index (χ1v) is 4.23. The largest absolute Gasteiger partial charge is 0.325 e. The zero-order chi connectivity index (χ0) is 7.23. The van der Waals surface area contributed by atoms with Gasteiger partial charge in [0.05, 0.1) is 5.16 Å². The summed E-state index contributed by atoms with van der Waals surface area (Å²) in [4.78, 5) is 0. The van der Waals surface area contributed by atoms with E-state index in [0.29, 0.717) is 5.16 Å². The molecule has 0 spiro atoms. The maximum absolute atomic E-state index is 3.68. The number of tetrazole rings is 1. The van der Waals surface area contributed by atoms with Crippen molar-refractivity contribution < 1.29 is 0 Å². The number of aromatic nitrogens is 4. The van der Waals surface area contributed by atoms with Crippen LogP contribution in [0, 0.1) is 0 Å². The van der Waals surface area contributed by atoms with E-state index in [1.165, 1.54) is 12.8 Å². The third-order valence-electron chi connectivity index (χ3n) is 1.03. The molecule has 10 heavy (non-hydrogen) atoms. The van der Waals surface area contributed by atoms with Crippen LogP contribution in [-0.4, -0.2) is 21.3 Å². The maximum atomic E-state index is 3.68. The molecule has 1 aromatic rings. The van der Waals surface area contributed by atoms with E-state index in [1.807, 2.05) is 0 Å². The van der Waals surface area contributed by atoms with E-state index in [1.54, 1.807) is 11.8 Å². The van der Waals surface area contributed by atoms with E-state index < -0.39 is 0 Å². The Morgan fingerprint density at radius 1 is 1.60 bits per heavy atom. The van der Waals surface area contributed by atoms with Crippen molar-refractivity contribution in [3.63, 3.8) is 0 Å². The molecular weight excluding hydrogens is 148 g/mol. The predicted octanol–water partition coefficient (Wildman–Crippen LogP) is 0.721. The SMILES string of the molecule is CCCCSc1nnn[n-]1. The monoisotopic (exact) mass is 157 g/mol. The Balaban J connectivity index is 2.15. The van der Waals surface area contributed by atoms with Gasteiger partial charge in [-0.2, -0.15) is 5.21 Å². The first-order valence-electron chi connectivity index (χ1n) is 3.25. The van der Waals surface area contributed by atoms with Crippen LogP contribution in [0.4, 0.5) is 0 Å². The van der Waals surface area contributed by atoms with Crippen LogP contribution in [0.2, 0.25) is 0 Å². The minimum Gasteiger partial charge on any atom is -0.325 e. The second-order valence-corrected chi connectivity index (χ2v) is 2.93. The van der Waals surface area contributed by atoms with E-state index in [-0.39, 0.29) is 0 Å². The third-order valence-corrected chi connectivity index (χ3v) is 1.94. The molecule has 0 bridgehead atoms. The number of unbranched alkanes of at least 4 members (excludes halogenated alkanes) is 1. The van der Waals surface area contributed by atoms with Crippen LogP contribution in [0.3, 0.4) is 0 Å². The highest BCUT2D eigenvalue weighted by Gasteiger charge is 1.87. The van der Waals surface area contributed by atoms with Gasteiger partial charge in [0.25, 0.3) is 0 Å². The first kappa shape index (κ1) is 7.53. The van der Waals surface area contributed by atoms with Gasteiger partial charge in [0.2, 0.25) is 0 Å². The Morgan fingerprint density at radius 2 is 2.50 bits per heavy atom. The van der Waals surface area contributed by atoms with Crippen LogP contribution >= 0.6 is 11.8 Å². The van der Waals surface area contributed by atoms with Gasteiger partial charge < -0.3 is 5.10 Å². The smallest absolute Gasteiger partial charge is 0.0660 e. The Morgan fingerprint density at radius 3 is 3.10 bits per heavy atom. The number of hydrogen-bond donors (Lipinski definition) is 0. The highest BCUT2D eigenvalue weighted by molar-refractivity contribution is 7.99. The number of thioether (sulfide) groups is 1. The lowest BCUT2D eigenvalue weighted by atomic mass is 10.4. The van der Waals surface area contributed by atoms with Gasteiger partial charge in [0.1, 0.15) is 0 Å². The van der Waals surface area contributed by atoms with Crippen LogP contribution < -0.4 is 5.10 Å².